The fourth-order valence-electron chi connectivity index (χ4n) is 1.49. The Balaban J connectivity index is 3.06. The maximum Gasteiger partial charge on any atom is 0.128 e. The van der Waals surface area contributed by atoms with Crippen LogP contribution in [0.4, 0.5) is 14.5 Å². The third-order valence-corrected chi connectivity index (χ3v) is 2.23. The molecule has 84 valence electrons. The van der Waals surface area contributed by atoms with E-state index in [0.717, 1.165) is 0 Å². The zero-order valence-corrected chi connectivity index (χ0v) is 9.00. The standard InChI is InChI=1S/C11H16F2N2/c1-15(2)11-4-3-8(12)7-9(11)10(13)5-6-14/h3-4,7,10H,5-6,14H2,1-2H3. The lowest BCUT2D eigenvalue weighted by atomic mass is 10.0. The van der Waals surface area contributed by atoms with E-state index in [9.17, 15) is 8.78 Å². The smallest absolute Gasteiger partial charge is 0.128 e. The van der Waals surface area contributed by atoms with Gasteiger partial charge < -0.3 is 10.6 Å². The van der Waals surface area contributed by atoms with Crippen LogP contribution in [0.2, 0.25) is 0 Å². The van der Waals surface area contributed by atoms with E-state index in [2.05, 4.69) is 0 Å². The van der Waals surface area contributed by atoms with Crippen molar-refractivity contribution in [3.05, 3.63) is 29.6 Å². The Morgan fingerprint density at radius 2 is 2.07 bits per heavy atom. The molecule has 0 saturated heterocycles. The maximum absolute atomic E-state index is 13.7. The largest absolute Gasteiger partial charge is 0.377 e. The molecule has 1 aromatic rings. The maximum atomic E-state index is 13.7. The van der Waals surface area contributed by atoms with Crippen molar-refractivity contribution in [1.82, 2.24) is 0 Å². The molecule has 0 spiro atoms. The molecule has 0 saturated carbocycles. The normalized spacial score (nSPS) is 12.6. The Hall–Kier alpha value is -1.16. The van der Waals surface area contributed by atoms with Gasteiger partial charge in [-0.1, -0.05) is 0 Å². The summed E-state index contributed by atoms with van der Waals surface area (Å²) in [6.07, 6.45) is -0.993. The van der Waals surface area contributed by atoms with Crippen molar-refractivity contribution in [2.45, 2.75) is 12.6 Å². The Labute approximate surface area is 88.7 Å². The minimum atomic E-state index is -1.21. The molecular weight excluding hydrogens is 198 g/mol. The highest BCUT2D eigenvalue weighted by Crippen LogP contribution is 2.30. The van der Waals surface area contributed by atoms with E-state index >= 15 is 0 Å². The molecule has 1 unspecified atom stereocenters. The van der Waals surface area contributed by atoms with Crippen LogP contribution in [0.5, 0.6) is 0 Å². The minimum absolute atomic E-state index is 0.213. The summed E-state index contributed by atoms with van der Waals surface area (Å²) in [6.45, 7) is 0.255. The van der Waals surface area contributed by atoms with Crippen molar-refractivity contribution in [3.63, 3.8) is 0 Å². The molecule has 0 radical (unpaired) electrons. The van der Waals surface area contributed by atoms with Crippen molar-refractivity contribution in [3.8, 4) is 0 Å². The molecule has 1 rings (SSSR count). The Morgan fingerprint density at radius 1 is 1.40 bits per heavy atom. The fraction of sp³-hybridized carbons (Fsp3) is 0.455. The number of hydrogen-bond acceptors (Lipinski definition) is 2. The highest BCUT2D eigenvalue weighted by Gasteiger charge is 2.15. The van der Waals surface area contributed by atoms with E-state index in [1.54, 1.807) is 25.1 Å². The van der Waals surface area contributed by atoms with Crippen molar-refractivity contribution in [2.75, 3.05) is 25.5 Å². The highest BCUT2D eigenvalue weighted by molar-refractivity contribution is 5.53. The first-order valence-electron chi connectivity index (χ1n) is 4.87. The summed E-state index contributed by atoms with van der Waals surface area (Å²) in [5, 5.41) is 0. The molecule has 0 amide bonds. The summed E-state index contributed by atoms with van der Waals surface area (Å²) in [7, 11) is 3.60. The fourth-order valence-corrected chi connectivity index (χ4v) is 1.49. The lowest BCUT2D eigenvalue weighted by Gasteiger charge is -2.19. The van der Waals surface area contributed by atoms with Gasteiger partial charge in [0.15, 0.2) is 0 Å². The van der Waals surface area contributed by atoms with Crippen LogP contribution in [0.3, 0.4) is 0 Å². The summed E-state index contributed by atoms with van der Waals surface area (Å²) in [4.78, 5) is 1.76. The van der Waals surface area contributed by atoms with E-state index in [4.69, 9.17) is 5.73 Å². The molecule has 4 heteroatoms. The first-order valence-corrected chi connectivity index (χ1v) is 4.87. The second kappa shape index (κ2) is 5.07. The number of hydrogen-bond donors (Lipinski definition) is 1. The number of halogens is 2. The average molecular weight is 214 g/mol. The van der Waals surface area contributed by atoms with Gasteiger partial charge in [-0.25, -0.2) is 8.78 Å². The van der Waals surface area contributed by atoms with Gasteiger partial charge in [-0.15, -0.1) is 0 Å². The quantitative estimate of drug-likeness (QED) is 0.833. The van der Waals surface area contributed by atoms with E-state index < -0.39 is 12.0 Å². The number of anilines is 1. The molecule has 0 fully saturated rings. The SMILES string of the molecule is CN(C)c1ccc(F)cc1C(F)CCN. The van der Waals surface area contributed by atoms with Crippen molar-refractivity contribution >= 4 is 5.69 Å². The number of nitrogens with two attached hydrogens (primary N) is 1. The average Bonchev–Trinajstić information content (AvgIpc) is 2.17. The Bertz CT molecular complexity index is 326. The third-order valence-electron chi connectivity index (χ3n) is 2.23. The number of rotatable bonds is 4. The summed E-state index contributed by atoms with van der Waals surface area (Å²) >= 11 is 0. The van der Waals surface area contributed by atoms with E-state index in [0.29, 0.717) is 11.3 Å². The van der Waals surface area contributed by atoms with E-state index in [-0.39, 0.29) is 13.0 Å². The van der Waals surface area contributed by atoms with Crippen LogP contribution >= 0.6 is 0 Å². The summed E-state index contributed by atoms with van der Waals surface area (Å²) in [5.74, 6) is -0.421. The van der Waals surface area contributed by atoms with Gasteiger partial charge in [0.05, 0.1) is 0 Å². The van der Waals surface area contributed by atoms with Gasteiger partial charge in [-0.2, -0.15) is 0 Å². The first-order chi connectivity index (χ1) is 7.06. The van der Waals surface area contributed by atoms with Crippen molar-refractivity contribution in [1.29, 1.82) is 0 Å². The first kappa shape index (κ1) is 11.9. The molecule has 0 bridgehead atoms. The molecule has 1 aromatic carbocycles. The second-order valence-corrected chi connectivity index (χ2v) is 3.64. The van der Waals surface area contributed by atoms with Gasteiger partial charge in [-0.05, 0) is 31.2 Å². The van der Waals surface area contributed by atoms with Gasteiger partial charge >= 0.3 is 0 Å². The van der Waals surface area contributed by atoms with Crippen LogP contribution in [0, 0.1) is 5.82 Å². The van der Waals surface area contributed by atoms with Crippen LogP contribution in [0.1, 0.15) is 18.2 Å². The molecule has 1 atom stereocenters. The molecule has 0 aliphatic heterocycles. The summed E-state index contributed by atoms with van der Waals surface area (Å²) in [5.41, 5.74) is 6.34. The van der Waals surface area contributed by atoms with Crippen LogP contribution < -0.4 is 10.6 Å². The number of nitrogens with zero attached hydrogens (tertiary/aromatic N) is 1. The van der Waals surface area contributed by atoms with Crippen LogP contribution in [-0.2, 0) is 0 Å². The van der Waals surface area contributed by atoms with Crippen LogP contribution in [-0.4, -0.2) is 20.6 Å². The van der Waals surface area contributed by atoms with Crippen LogP contribution in [0.25, 0.3) is 0 Å². The molecule has 0 aliphatic rings. The molecular formula is C11H16F2N2. The molecule has 0 aromatic heterocycles. The monoisotopic (exact) mass is 214 g/mol. The molecule has 15 heavy (non-hydrogen) atoms. The van der Waals surface area contributed by atoms with Gasteiger partial charge in [0.1, 0.15) is 12.0 Å². The lowest BCUT2D eigenvalue weighted by Crippen LogP contribution is -2.13. The molecule has 0 aliphatic carbocycles. The molecule has 0 heterocycles. The minimum Gasteiger partial charge on any atom is -0.377 e. The molecule has 2 N–H and O–H groups in total. The Morgan fingerprint density at radius 3 is 2.60 bits per heavy atom. The van der Waals surface area contributed by atoms with Gasteiger partial charge in [0.2, 0.25) is 0 Å². The second-order valence-electron chi connectivity index (χ2n) is 3.64. The topological polar surface area (TPSA) is 29.3 Å². The number of alkyl halides is 1. The zero-order valence-electron chi connectivity index (χ0n) is 9.00. The van der Waals surface area contributed by atoms with Gasteiger partial charge in [-0.3, -0.25) is 0 Å². The van der Waals surface area contributed by atoms with E-state index in [1.807, 2.05) is 0 Å². The van der Waals surface area contributed by atoms with Crippen molar-refractivity contribution < 1.29 is 8.78 Å². The third kappa shape index (κ3) is 2.89. The highest BCUT2D eigenvalue weighted by atomic mass is 19.1. The predicted octanol–water partition coefficient (Wildman–Crippen LogP) is 2.25. The predicted molar refractivity (Wildman–Crippen MR) is 58.2 cm³/mol. The lowest BCUT2D eigenvalue weighted by molar-refractivity contribution is 0.327. The Kier molecular flexibility index (Phi) is 4.03. The van der Waals surface area contributed by atoms with Gasteiger partial charge in [0, 0.05) is 25.3 Å². The van der Waals surface area contributed by atoms with Crippen molar-refractivity contribution in [2.24, 2.45) is 5.73 Å². The summed E-state index contributed by atoms with van der Waals surface area (Å²) < 4.78 is 26.7. The number of benzene rings is 1. The van der Waals surface area contributed by atoms with Gasteiger partial charge in [0.25, 0.3) is 0 Å². The van der Waals surface area contributed by atoms with E-state index in [1.165, 1.54) is 12.1 Å². The zero-order chi connectivity index (χ0) is 11.4. The van der Waals surface area contributed by atoms with Crippen LogP contribution in [0.15, 0.2) is 18.2 Å². The summed E-state index contributed by atoms with van der Waals surface area (Å²) in [6, 6.07) is 4.14. The molecule has 2 nitrogen and oxygen atoms in total.